The van der Waals surface area contributed by atoms with Crippen LogP contribution in [0.1, 0.15) is 12.8 Å². The molecule has 0 atom stereocenters. The predicted molar refractivity (Wildman–Crippen MR) is 54.4 cm³/mol. The molecule has 1 N–H and O–H groups in total. The third kappa shape index (κ3) is 2.48. The Bertz CT molecular complexity index is 239. The van der Waals surface area contributed by atoms with Gasteiger partial charge >= 0.3 is 0 Å². The smallest absolute Gasteiger partial charge is 0.221 e. The normalized spacial score (nSPS) is 24.9. The maximum Gasteiger partial charge on any atom is 0.221 e. The molecule has 2 rings (SSSR count). The molecule has 1 spiro atoms. The molecule has 0 saturated carbocycles. The van der Waals surface area contributed by atoms with Gasteiger partial charge in [0.15, 0.2) is 5.79 Å². The predicted octanol–water partition coefficient (Wildman–Crippen LogP) is -0.429. The molecule has 0 radical (unpaired) electrons. The summed E-state index contributed by atoms with van der Waals surface area (Å²) in [4.78, 5) is 13.3. The van der Waals surface area contributed by atoms with Crippen molar-refractivity contribution in [2.75, 3.05) is 39.9 Å². The van der Waals surface area contributed by atoms with Crippen LogP contribution in [0, 0.1) is 0 Å². The average molecular weight is 214 g/mol. The van der Waals surface area contributed by atoms with Gasteiger partial charge in [-0.1, -0.05) is 0 Å². The summed E-state index contributed by atoms with van der Waals surface area (Å²) in [7, 11) is 1.66. The first-order chi connectivity index (χ1) is 7.24. The molecule has 0 aromatic heterocycles. The number of carbonyl (C=O) groups is 1. The van der Waals surface area contributed by atoms with Crippen molar-refractivity contribution in [1.82, 2.24) is 10.2 Å². The van der Waals surface area contributed by atoms with Crippen molar-refractivity contribution in [1.29, 1.82) is 0 Å². The minimum absolute atomic E-state index is 0.0872. The van der Waals surface area contributed by atoms with Crippen molar-refractivity contribution in [3.05, 3.63) is 0 Å². The van der Waals surface area contributed by atoms with Gasteiger partial charge in [-0.3, -0.25) is 9.69 Å². The van der Waals surface area contributed by atoms with E-state index in [4.69, 9.17) is 9.47 Å². The first-order valence-corrected chi connectivity index (χ1v) is 5.45. The quantitative estimate of drug-likeness (QED) is 0.692. The molecule has 0 aromatic rings. The topological polar surface area (TPSA) is 50.8 Å². The fourth-order valence-electron chi connectivity index (χ4n) is 2.14. The molecule has 2 aliphatic rings. The zero-order chi connectivity index (χ0) is 10.7. The van der Waals surface area contributed by atoms with Crippen molar-refractivity contribution in [2.45, 2.75) is 18.6 Å². The van der Waals surface area contributed by atoms with E-state index in [0.717, 1.165) is 26.1 Å². The van der Waals surface area contributed by atoms with Crippen molar-refractivity contribution in [3.63, 3.8) is 0 Å². The molecule has 5 heteroatoms. The van der Waals surface area contributed by atoms with Crippen LogP contribution in [-0.4, -0.2) is 56.5 Å². The van der Waals surface area contributed by atoms with Crippen molar-refractivity contribution >= 4 is 5.91 Å². The van der Waals surface area contributed by atoms with Crippen LogP contribution in [0.5, 0.6) is 0 Å². The van der Waals surface area contributed by atoms with Gasteiger partial charge in [0.2, 0.25) is 5.91 Å². The number of nitrogens with one attached hydrogen (secondary N) is 1. The highest BCUT2D eigenvalue weighted by atomic mass is 16.7. The summed E-state index contributed by atoms with van der Waals surface area (Å²) < 4.78 is 11.2. The average Bonchev–Trinajstić information content (AvgIpc) is 2.86. The second kappa shape index (κ2) is 4.47. The van der Waals surface area contributed by atoms with Crippen molar-refractivity contribution < 1.29 is 14.3 Å². The summed E-state index contributed by atoms with van der Waals surface area (Å²) in [6.07, 6.45) is 1.47. The number of hydrogen-bond acceptors (Lipinski definition) is 4. The van der Waals surface area contributed by atoms with Gasteiger partial charge in [0.1, 0.15) is 0 Å². The Morgan fingerprint density at radius 1 is 1.47 bits per heavy atom. The minimum Gasteiger partial charge on any atom is -0.359 e. The Kier molecular flexibility index (Phi) is 3.23. The van der Waals surface area contributed by atoms with Gasteiger partial charge in [-0.15, -0.1) is 0 Å². The Hall–Kier alpha value is -0.650. The first kappa shape index (κ1) is 10.9. The standard InChI is InChI=1S/C10H18N2O3/c1-11-9(13)2-4-12-5-3-10(8-12)14-6-7-15-10/h2-8H2,1H3,(H,11,13). The molecule has 0 unspecified atom stereocenters. The summed E-state index contributed by atoms with van der Waals surface area (Å²) >= 11 is 0. The van der Waals surface area contributed by atoms with E-state index < -0.39 is 0 Å². The van der Waals surface area contributed by atoms with Crippen LogP contribution in [0.25, 0.3) is 0 Å². The first-order valence-electron chi connectivity index (χ1n) is 5.45. The Morgan fingerprint density at radius 2 is 2.20 bits per heavy atom. The van der Waals surface area contributed by atoms with Gasteiger partial charge in [-0.2, -0.15) is 0 Å². The van der Waals surface area contributed by atoms with Crippen LogP contribution in [0.15, 0.2) is 0 Å². The minimum atomic E-state index is -0.358. The zero-order valence-electron chi connectivity index (χ0n) is 9.12. The Morgan fingerprint density at radius 3 is 2.87 bits per heavy atom. The number of hydrogen-bond donors (Lipinski definition) is 1. The van der Waals surface area contributed by atoms with Crippen LogP contribution < -0.4 is 5.32 Å². The third-order valence-corrected chi connectivity index (χ3v) is 3.02. The molecular formula is C10H18N2O3. The largest absolute Gasteiger partial charge is 0.359 e. The van der Waals surface area contributed by atoms with Gasteiger partial charge in [-0.25, -0.2) is 0 Å². The molecule has 5 nitrogen and oxygen atoms in total. The number of amides is 1. The zero-order valence-corrected chi connectivity index (χ0v) is 9.12. The molecule has 2 fully saturated rings. The van der Waals surface area contributed by atoms with E-state index in [2.05, 4.69) is 10.2 Å². The monoisotopic (exact) mass is 214 g/mol. The lowest BCUT2D eigenvalue weighted by molar-refractivity contribution is -0.145. The molecular weight excluding hydrogens is 196 g/mol. The summed E-state index contributed by atoms with van der Waals surface area (Å²) in [5, 5.41) is 2.62. The number of rotatable bonds is 3. The lowest BCUT2D eigenvalue weighted by Gasteiger charge is -2.22. The fraction of sp³-hybridized carbons (Fsp3) is 0.900. The van der Waals surface area contributed by atoms with Crippen molar-refractivity contribution in [2.24, 2.45) is 0 Å². The van der Waals surface area contributed by atoms with Crippen LogP contribution in [0.2, 0.25) is 0 Å². The molecule has 0 aromatic carbocycles. The van der Waals surface area contributed by atoms with Crippen LogP contribution in [0.3, 0.4) is 0 Å². The second-order valence-electron chi connectivity index (χ2n) is 4.06. The van der Waals surface area contributed by atoms with Gasteiger partial charge in [0.05, 0.1) is 19.8 Å². The van der Waals surface area contributed by atoms with E-state index in [1.807, 2.05) is 0 Å². The summed E-state index contributed by atoms with van der Waals surface area (Å²) in [6, 6.07) is 0. The maximum absolute atomic E-state index is 11.1. The SMILES string of the molecule is CNC(=O)CCN1CCC2(C1)OCCO2. The van der Waals surface area contributed by atoms with E-state index in [1.165, 1.54) is 0 Å². The third-order valence-electron chi connectivity index (χ3n) is 3.02. The second-order valence-corrected chi connectivity index (χ2v) is 4.06. The molecule has 2 heterocycles. The van der Waals surface area contributed by atoms with E-state index in [1.54, 1.807) is 7.05 Å². The van der Waals surface area contributed by atoms with Gasteiger partial charge in [0, 0.05) is 33.0 Å². The summed E-state index contributed by atoms with van der Waals surface area (Å²) in [6.45, 7) is 3.93. The van der Waals surface area contributed by atoms with Crippen molar-refractivity contribution in [3.8, 4) is 0 Å². The molecule has 2 aliphatic heterocycles. The van der Waals surface area contributed by atoms with Crippen LogP contribution in [0.4, 0.5) is 0 Å². The molecule has 2 saturated heterocycles. The molecule has 15 heavy (non-hydrogen) atoms. The fourth-order valence-corrected chi connectivity index (χ4v) is 2.14. The Labute approximate surface area is 89.7 Å². The van der Waals surface area contributed by atoms with Gasteiger partial charge < -0.3 is 14.8 Å². The number of carbonyl (C=O) groups excluding carboxylic acids is 1. The number of likely N-dealkylation sites (tertiary alicyclic amines) is 1. The molecule has 86 valence electrons. The Balaban J connectivity index is 1.75. The van der Waals surface area contributed by atoms with E-state index in [0.29, 0.717) is 19.6 Å². The molecule has 1 amide bonds. The van der Waals surface area contributed by atoms with Crippen LogP contribution >= 0.6 is 0 Å². The lowest BCUT2D eigenvalue weighted by atomic mass is 10.2. The van der Waals surface area contributed by atoms with Gasteiger partial charge in [-0.05, 0) is 0 Å². The highest BCUT2D eigenvalue weighted by Gasteiger charge is 2.42. The number of ether oxygens (including phenoxy) is 2. The summed E-state index contributed by atoms with van der Waals surface area (Å²) in [5.74, 6) is -0.271. The van der Waals surface area contributed by atoms with Crippen LogP contribution in [-0.2, 0) is 14.3 Å². The molecule has 0 aliphatic carbocycles. The number of nitrogens with zero attached hydrogens (tertiary/aromatic N) is 1. The maximum atomic E-state index is 11.1. The summed E-state index contributed by atoms with van der Waals surface area (Å²) in [5.41, 5.74) is 0. The highest BCUT2D eigenvalue weighted by molar-refractivity contribution is 5.75. The highest BCUT2D eigenvalue weighted by Crippen LogP contribution is 2.30. The lowest BCUT2D eigenvalue weighted by Crippen LogP contribution is -2.35. The van der Waals surface area contributed by atoms with E-state index in [-0.39, 0.29) is 11.7 Å². The van der Waals surface area contributed by atoms with E-state index >= 15 is 0 Å². The van der Waals surface area contributed by atoms with Gasteiger partial charge in [0.25, 0.3) is 0 Å². The van der Waals surface area contributed by atoms with E-state index in [9.17, 15) is 4.79 Å². The molecule has 0 bridgehead atoms.